The summed E-state index contributed by atoms with van der Waals surface area (Å²) in [6.07, 6.45) is -0.313. The lowest BCUT2D eigenvalue weighted by molar-refractivity contribution is 0.00451. The number of hydrogen-bond donors (Lipinski definition) is 1. The maximum atomic E-state index is 12.6. The standard InChI is InChI=1S/C11H13BrCl2N2O3S/c12-7-3-9(13)11(10(14)4-7)20(17,18)16-1-2-19-8(5-15)6-16/h3-4,8H,1-2,5-6,15H2. The van der Waals surface area contributed by atoms with E-state index in [0.717, 1.165) is 0 Å². The fourth-order valence-corrected chi connectivity index (χ4v) is 5.30. The first-order valence-electron chi connectivity index (χ1n) is 5.82. The Morgan fingerprint density at radius 1 is 1.40 bits per heavy atom. The average Bonchev–Trinajstić information content (AvgIpc) is 2.37. The number of benzene rings is 1. The van der Waals surface area contributed by atoms with Crippen LogP contribution >= 0.6 is 39.1 Å². The van der Waals surface area contributed by atoms with Gasteiger partial charge >= 0.3 is 0 Å². The van der Waals surface area contributed by atoms with Gasteiger partial charge in [-0.25, -0.2) is 8.42 Å². The molecule has 1 heterocycles. The van der Waals surface area contributed by atoms with E-state index in [4.69, 9.17) is 33.7 Å². The second-order valence-electron chi connectivity index (χ2n) is 4.29. The molecule has 2 rings (SSSR count). The molecule has 0 radical (unpaired) electrons. The molecule has 2 N–H and O–H groups in total. The van der Waals surface area contributed by atoms with Gasteiger partial charge < -0.3 is 10.5 Å². The van der Waals surface area contributed by atoms with Crippen molar-refractivity contribution >= 4 is 49.2 Å². The van der Waals surface area contributed by atoms with Crippen molar-refractivity contribution in [1.82, 2.24) is 4.31 Å². The number of halogens is 3. The number of nitrogens with two attached hydrogens (primary N) is 1. The number of ether oxygens (including phenoxy) is 1. The number of rotatable bonds is 3. The lowest BCUT2D eigenvalue weighted by atomic mass is 10.3. The highest BCUT2D eigenvalue weighted by Gasteiger charge is 2.33. The van der Waals surface area contributed by atoms with Gasteiger partial charge in [-0.2, -0.15) is 4.31 Å². The van der Waals surface area contributed by atoms with E-state index in [1.807, 2.05) is 0 Å². The highest BCUT2D eigenvalue weighted by atomic mass is 79.9. The van der Waals surface area contributed by atoms with Crippen LogP contribution in [0.2, 0.25) is 10.0 Å². The van der Waals surface area contributed by atoms with Gasteiger partial charge in [0, 0.05) is 24.1 Å². The van der Waals surface area contributed by atoms with Gasteiger partial charge in [0.15, 0.2) is 0 Å². The maximum absolute atomic E-state index is 12.6. The molecule has 1 fully saturated rings. The van der Waals surface area contributed by atoms with Gasteiger partial charge in [0.1, 0.15) is 4.90 Å². The van der Waals surface area contributed by atoms with Crippen LogP contribution in [0, 0.1) is 0 Å². The van der Waals surface area contributed by atoms with Gasteiger partial charge in [0.05, 0.1) is 22.8 Å². The number of morpholine rings is 1. The van der Waals surface area contributed by atoms with Gasteiger partial charge in [-0.3, -0.25) is 0 Å². The summed E-state index contributed by atoms with van der Waals surface area (Å²) in [5.41, 5.74) is 5.52. The summed E-state index contributed by atoms with van der Waals surface area (Å²) in [6.45, 7) is 1.00. The van der Waals surface area contributed by atoms with Crippen LogP contribution in [0.5, 0.6) is 0 Å². The summed E-state index contributed by atoms with van der Waals surface area (Å²) in [5, 5.41) is 0.167. The average molecular weight is 404 g/mol. The van der Waals surface area contributed by atoms with Crippen LogP contribution in [-0.2, 0) is 14.8 Å². The van der Waals surface area contributed by atoms with Crippen LogP contribution in [-0.4, -0.2) is 45.1 Å². The van der Waals surface area contributed by atoms with Crippen molar-refractivity contribution in [1.29, 1.82) is 0 Å². The Kier molecular flexibility index (Phi) is 5.34. The van der Waals surface area contributed by atoms with Crippen molar-refractivity contribution in [3.8, 4) is 0 Å². The number of hydrogen-bond acceptors (Lipinski definition) is 4. The largest absolute Gasteiger partial charge is 0.374 e. The molecule has 0 bridgehead atoms. The highest BCUT2D eigenvalue weighted by Crippen LogP contribution is 2.35. The third-order valence-electron chi connectivity index (χ3n) is 2.93. The molecule has 5 nitrogen and oxygen atoms in total. The van der Waals surface area contributed by atoms with Crippen LogP contribution in [0.15, 0.2) is 21.5 Å². The van der Waals surface area contributed by atoms with E-state index in [2.05, 4.69) is 15.9 Å². The Balaban J connectivity index is 2.40. The van der Waals surface area contributed by atoms with E-state index in [9.17, 15) is 8.42 Å². The van der Waals surface area contributed by atoms with Crippen LogP contribution < -0.4 is 5.73 Å². The molecule has 9 heteroatoms. The smallest absolute Gasteiger partial charge is 0.246 e. The van der Waals surface area contributed by atoms with E-state index in [1.54, 1.807) is 0 Å². The zero-order chi connectivity index (χ0) is 14.9. The fraction of sp³-hybridized carbons (Fsp3) is 0.455. The molecular formula is C11H13BrCl2N2O3S. The van der Waals surface area contributed by atoms with Crippen LogP contribution in [0.1, 0.15) is 0 Å². The second-order valence-corrected chi connectivity index (χ2v) is 7.89. The second kappa shape index (κ2) is 6.48. The monoisotopic (exact) mass is 402 g/mol. The molecule has 1 aliphatic heterocycles. The first-order chi connectivity index (χ1) is 9.36. The summed E-state index contributed by atoms with van der Waals surface area (Å²) >= 11 is 15.3. The molecule has 1 unspecified atom stereocenters. The molecule has 0 spiro atoms. The quantitative estimate of drug-likeness (QED) is 0.838. The van der Waals surface area contributed by atoms with E-state index < -0.39 is 10.0 Å². The maximum Gasteiger partial charge on any atom is 0.246 e. The molecule has 0 aromatic heterocycles. The van der Waals surface area contributed by atoms with Crippen LogP contribution in [0.25, 0.3) is 0 Å². The van der Waals surface area contributed by atoms with Gasteiger partial charge in [-0.1, -0.05) is 39.1 Å². The predicted octanol–water partition coefficient (Wildman–Crippen LogP) is 2.10. The molecule has 0 saturated carbocycles. The Bertz CT molecular complexity index is 589. The lowest BCUT2D eigenvalue weighted by Crippen LogP contribution is -2.48. The number of nitrogens with zero attached hydrogens (tertiary/aromatic N) is 1. The summed E-state index contributed by atoms with van der Waals surface area (Å²) in [6, 6.07) is 3.00. The van der Waals surface area contributed by atoms with E-state index in [1.165, 1.54) is 16.4 Å². The third-order valence-corrected chi connectivity index (χ3v) is 6.17. The Hall–Kier alpha value is 0.110. The fourth-order valence-electron chi connectivity index (χ4n) is 1.96. The van der Waals surface area contributed by atoms with Gasteiger partial charge in [0.25, 0.3) is 0 Å². The molecule has 0 aliphatic carbocycles. The Morgan fingerprint density at radius 2 is 2.00 bits per heavy atom. The van der Waals surface area contributed by atoms with E-state index in [-0.39, 0.29) is 40.7 Å². The minimum atomic E-state index is -3.77. The van der Waals surface area contributed by atoms with Gasteiger partial charge in [-0.05, 0) is 12.1 Å². The first kappa shape index (κ1) is 16.5. The molecule has 20 heavy (non-hydrogen) atoms. The topological polar surface area (TPSA) is 72.6 Å². The van der Waals surface area contributed by atoms with Crippen molar-refractivity contribution in [2.24, 2.45) is 5.73 Å². The zero-order valence-corrected chi connectivity index (χ0v) is 14.3. The van der Waals surface area contributed by atoms with Crippen molar-refractivity contribution in [2.45, 2.75) is 11.0 Å². The van der Waals surface area contributed by atoms with Gasteiger partial charge in [0.2, 0.25) is 10.0 Å². The Morgan fingerprint density at radius 3 is 2.55 bits per heavy atom. The molecule has 1 saturated heterocycles. The van der Waals surface area contributed by atoms with Crippen molar-refractivity contribution in [3.05, 3.63) is 26.7 Å². The molecule has 1 atom stereocenters. The minimum absolute atomic E-state index is 0.0818. The van der Waals surface area contributed by atoms with Crippen LogP contribution in [0.4, 0.5) is 0 Å². The van der Waals surface area contributed by atoms with Gasteiger partial charge in [-0.15, -0.1) is 0 Å². The minimum Gasteiger partial charge on any atom is -0.374 e. The number of sulfonamides is 1. The lowest BCUT2D eigenvalue weighted by Gasteiger charge is -2.31. The van der Waals surface area contributed by atoms with E-state index >= 15 is 0 Å². The molecule has 112 valence electrons. The molecule has 1 aliphatic rings. The first-order valence-corrected chi connectivity index (χ1v) is 8.81. The predicted molar refractivity (Wildman–Crippen MR) is 81.7 cm³/mol. The van der Waals surface area contributed by atoms with Crippen LogP contribution in [0.3, 0.4) is 0 Å². The Labute approximate surface area is 136 Å². The molecular weight excluding hydrogens is 391 g/mol. The normalized spacial score (nSPS) is 21.1. The molecule has 1 aromatic carbocycles. The highest BCUT2D eigenvalue weighted by molar-refractivity contribution is 9.10. The molecule has 1 aromatic rings. The van der Waals surface area contributed by atoms with Crippen molar-refractivity contribution < 1.29 is 13.2 Å². The summed E-state index contributed by atoms with van der Waals surface area (Å²) < 4.78 is 32.6. The third kappa shape index (κ3) is 3.30. The van der Waals surface area contributed by atoms with Crippen molar-refractivity contribution in [3.63, 3.8) is 0 Å². The summed E-state index contributed by atoms with van der Waals surface area (Å²) in [4.78, 5) is -0.0818. The summed E-state index contributed by atoms with van der Waals surface area (Å²) in [5.74, 6) is 0. The van der Waals surface area contributed by atoms with E-state index in [0.29, 0.717) is 11.1 Å². The zero-order valence-electron chi connectivity index (χ0n) is 10.4. The SMILES string of the molecule is NCC1CN(S(=O)(=O)c2c(Cl)cc(Br)cc2Cl)CCO1. The summed E-state index contributed by atoms with van der Waals surface area (Å²) in [7, 11) is -3.77. The molecule has 0 amide bonds. The van der Waals surface area contributed by atoms with Crippen molar-refractivity contribution in [2.75, 3.05) is 26.2 Å².